The zero-order valence-electron chi connectivity index (χ0n) is 12.4. The Morgan fingerprint density at radius 1 is 1.50 bits per heavy atom. The maximum absolute atomic E-state index is 8.77. The van der Waals surface area contributed by atoms with Gasteiger partial charge in [-0.3, -0.25) is 0 Å². The minimum Gasteiger partial charge on any atom is -0.409 e. The second-order valence-electron chi connectivity index (χ2n) is 4.54. The molecule has 0 aliphatic carbocycles. The van der Waals surface area contributed by atoms with Crippen LogP contribution in [0.4, 0.5) is 5.82 Å². The Labute approximate surface area is 120 Å². The molecule has 3 N–H and O–H groups in total. The second kappa shape index (κ2) is 8.37. The maximum atomic E-state index is 8.77. The highest BCUT2D eigenvalue weighted by molar-refractivity contribution is 5.97. The fraction of sp³-hybridized carbons (Fsp3) is 0.571. The van der Waals surface area contributed by atoms with E-state index in [1.807, 2.05) is 6.07 Å². The van der Waals surface area contributed by atoms with Crippen molar-refractivity contribution in [2.75, 3.05) is 25.2 Å². The van der Waals surface area contributed by atoms with Crippen LogP contribution in [0.3, 0.4) is 0 Å². The molecule has 1 rings (SSSR count). The van der Waals surface area contributed by atoms with Crippen molar-refractivity contribution < 1.29 is 9.94 Å². The van der Waals surface area contributed by atoms with E-state index >= 15 is 0 Å². The fourth-order valence-corrected chi connectivity index (χ4v) is 2.20. The van der Waals surface area contributed by atoms with Gasteiger partial charge in [0.05, 0.1) is 6.61 Å². The van der Waals surface area contributed by atoms with Crippen LogP contribution < -0.4 is 10.6 Å². The predicted molar refractivity (Wildman–Crippen MR) is 80.3 cm³/mol. The Kier molecular flexibility index (Phi) is 6.79. The molecular weight excluding hydrogens is 256 g/mol. The van der Waals surface area contributed by atoms with Crippen LogP contribution >= 0.6 is 0 Å². The number of aromatic nitrogens is 1. The molecule has 20 heavy (non-hydrogen) atoms. The van der Waals surface area contributed by atoms with Crippen LogP contribution in [0.1, 0.15) is 32.3 Å². The number of pyridine rings is 1. The standard InChI is InChI=1S/C14H24N4O2/c1-4-12(5-2)18(8-9-20-3)13-10-11(6-7-16-13)14(15)17-19/h6-7,10,12,19H,4-5,8-9H2,1-3H3,(H2,15,17). The molecule has 0 aromatic carbocycles. The summed E-state index contributed by atoms with van der Waals surface area (Å²) in [6, 6.07) is 3.95. The van der Waals surface area contributed by atoms with Gasteiger partial charge in [-0.2, -0.15) is 0 Å². The first-order valence-electron chi connectivity index (χ1n) is 6.87. The van der Waals surface area contributed by atoms with E-state index in [0.717, 1.165) is 25.2 Å². The topological polar surface area (TPSA) is 84.0 Å². The number of nitrogens with two attached hydrogens (primary N) is 1. The van der Waals surface area contributed by atoms with Crippen molar-refractivity contribution in [3.63, 3.8) is 0 Å². The molecule has 0 bridgehead atoms. The van der Waals surface area contributed by atoms with Gasteiger partial charge in [0.15, 0.2) is 5.84 Å². The predicted octanol–water partition coefficient (Wildman–Crippen LogP) is 1.82. The number of rotatable bonds is 8. The molecule has 0 amide bonds. The minimum absolute atomic E-state index is 0.0879. The lowest BCUT2D eigenvalue weighted by molar-refractivity contribution is 0.202. The number of ether oxygens (including phenoxy) is 1. The molecule has 0 saturated carbocycles. The molecule has 6 nitrogen and oxygen atoms in total. The third-order valence-electron chi connectivity index (χ3n) is 3.36. The van der Waals surface area contributed by atoms with Crippen LogP contribution in [0.2, 0.25) is 0 Å². The minimum atomic E-state index is 0.0879. The van der Waals surface area contributed by atoms with Crippen molar-refractivity contribution in [2.24, 2.45) is 10.9 Å². The lowest BCUT2D eigenvalue weighted by atomic mass is 10.1. The SMILES string of the molecule is CCC(CC)N(CCOC)c1cc(C(N)=NO)ccn1. The first-order valence-corrected chi connectivity index (χ1v) is 6.87. The van der Waals surface area contributed by atoms with Gasteiger partial charge >= 0.3 is 0 Å². The molecule has 1 heterocycles. The number of anilines is 1. The Morgan fingerprint density at radius 2 is 2.20 bits per heavy atom. The number of oxime groups is 1. The highest BCUT2D eigenvalue weighted by Gasteiger charge is 2.17. The van der Waals surface area contributed by atoms with E-state index in [-0.39, 0.29) is 5.84 Å². The normalized spacial score (nSPS) is 11.9. The van der Waals surface area contributed by atoms with E-state index in [0.29, 0.717) is 18.2 Å². The molecule has 0 fully saturated rings. The summed E-state index contributed by atoms with van der Waals surface area (Å²) >= 11 is 0. The van der Waals surface area contributed by atoms with Gasteiger partial charge in [-0.15, -0.1) is 0 Å². The summed E-state index contributed by atoms with van der Waals surface area (Å²) < 4.78 is 5.17. The van der Waals surface area contributed by atoms with Gasteiger partial charge in [0.1, 0.15) is 5.82 Å². The third-order valence-corrected chi connectivity index (χ3v) is 3.36. The third kappa shape index (κ3) is 4.09. The van der Waals surface area contributed by atoms with Gasteiger partial charge in [0, 0.05) is 31.5 Å². The number of hydrogen-bond donors (Lipinski definition) is 2. The molecule has 0 aliphatic heterocycles. The monoisotopic (exact) mass is 280 g/mol. The molecular formula is C14H24N4O2. The summed E-state index contributed by atoms with van der Waals surface area (Å²) in [6.45, 7) is 5.70. The molecule has 0 unspecified atom stereocenters. The Hall–Kier alpha value is -1.82. The average molecular weight is 280 g/mol. The van der Waals surface area contributed by atoms with Crippen molar-refractivity contribution in [2.45, 2.75) is 32.7 Å². The Morgan fingerprint density at radius 3 is 2.75 bits per heavy atom. The molecule has 112 valence electrons. The van der Waals surface area contributed by atoms with Crippen LogP contribution in [0, 0.1) is 0 Å². The fourth-order valence-electron chi connectivity index (χ4n) is 2.20. The first-order chi connectivity index (χ1) is 9.67. The zero-order valence-corrected chi connectivity index (χ0v) is 12.4. The van der Waals surface area contributed by atoms with Crippen molar-refractivity contribution in [3.8, 4) is 0 Å². The molecule has 1 aromatic heterocycles. The van der Waals surface area contributed by atoms with Gasteiger partial charge in [-0.1, -0.05) is 19.0 Å². The summed E-state index contributed by atoms with van der Waals surface area (Å²) in [6.07, 6.45) is 3.72. The van der Waals surface area contributed by atoms with E-state index in [1.165, 1.54) is 0 Å². The molecule has 0 spiro atoms. The summed E-state index contributed by atoms with van der Waals surface area (Å²) in [5, 5.41) is 11.8. The molecule has 6 heteroatoms. The number of nitrogens with zero attached hydrogens (tertiary/aromatic N) is 3. The average Bonchev–Trinajstić information content (AvgIpc) is 2.50. The quantitative estimate of drug-likeness (QED) is 0.328. The molecule has 1 aromatic rings. The van der Waals surface area contributed by atoms with Crippen LogP contribution in [0.25, 0.3) is 0 Å². The van der Waals surface area contributed by atoms with E-state index in [9.17, 15) is 0 Å². The molecule has 0 atom stereocenters. The summed E-state index contributed by atoms with van der Waals surface area (Å²) in [4.78, 5) is 6.61. The van der Waals surface area contributed by atoms with Crippen LogP contribution in [-0.4, -0.2) is 42.3 Å². The van der Waals surface area contributed by atoms with Crippen LogP contribution in [-0.2, 0) is 4.74 Å². The van der Waals surface area contributed by atoms with Gasteiger partial charge in [0.2, 0.25) is 0 Å². The van der Waals surface area contributed by atoms with Gasteiger partial charge in [-0.25, -0.2) is 4.98 Å². The van der Waals surface area contributed by atoms with Crippen molar-refractivity contribution >= 4 is 11.7 Å². The van der Waals surface area contributed by atoms with Crippen LogP contribution in [0.15, 0.2) is 23.5 Å². The Bertz CT molecular complexity index is 433. The van der Waals surface area contributed by atoms with Crippen molar-refractivity contribution in [1.29, 1.82) is 0 Å². The van der Waals surface area contributed by atoms with E-state index < -0.39 is 0 Å². The molecule has 0 aliphatic rings. The lowest BCUT2D eigenvalue weighted by Crippen LogP contribution is -2.37. The number of hydrogen-bond acceptors (Lipinski definition) is 5. The smallest absolute Gasteiger partial charge is 0.170 e. The largest absolute Gasteiger partial charge is 0.409 e. The second-order valence-corrected chi connectivity index (χ2v) is 4.54. The Balaban J connectivity index is 3.06. The van der Waals surface area contributed by atoms with Gasteiger partial charge < -0.3 is 20.6 Å². The summed E-state index contributed by atoms with van der Waals surface area (Å²) in [7, 11) is 1.69. The van der Waals surface area contributed by atoms with Crippen molar-refractivity contribution in [3.05, 3.63) is 23.9 Å². The van der Waals surface area contributed by atoms with E-state index in [4.69, 9.17) is 15.7 Å². The molecule has 0 saturated heterocycles. The summed E-state index contributed by atoms with van der Waals surface area (Å²) in [5.41, 5.74) is 6.29. The zero-order chi connectivity index (χ0) is 15.0. The maximum Gasteiger partial charge on any atom is 0.170 e. The van der Waals surface area contributed by atoms with E-state index in [2.05, 4.69) is 28.9 Å². The van der Waals surface area contributed by atoms with E-state index in [1.54, 1.807) is 19.4 Å². The van der Waals surface area contributed by atoms with Gasteiger partial charge in [0.25, 0.3) is 0 Å². The number of methoxy groups -OCH3 is 1. The highest BCUT2D eigenvalue weighted by Crippen LogP contribution is 2.19. The lowest BCUT2D eigenvalue weighted by Gasteiger charge is -2.31. The summed E-state index contributed by atoms with van der Waals surface area (Å²) in [5.74, 6) is 0.907. The highest BCUT2D eigenvalue weighted by atomic mass is 16.5. The van der Waals surface area contributed by atoms with Crippen molar-refractivity contribution in [1.82, 2.24) is 4.98 Å². The van der Waals surface area contributed by atoms with Gasteiger partial charge in [-0.05, 0) is 25.0 Å². The molecule has 0 radical (unpaired) electrons. The van der Waals surface area contributed by atoms with Crippen LogP contribution in [0.5, 0.6) is 0 Å². The number of amidine groups is 1. The first kappa shape index (κ1) is 16.2.